The molecule has 102 valence electrons. The lowest BCUT2D eigenvalue weighted by Crippen LogP contribution is -2.23. The summed E-state index contributed by atoms with van der Waals surface area (Å²) < 4.78 is 6.77. The van der Waals surface area contributed by atoms with Crippen molar-refractivity contribution in [2.45, 2.75) is 19.0 Å². The van der Waals surface area contributed by atoms with Gasteiger partial charge >= 0.3 is 5.97 Å². The molecule has 0 aromatic carbocycles. The van der Waals surface area contributed by atoms with Crippen LogP contribution in [0.15, 0.2) is 36.0 Å². The van der Waals surface area contributed by atoms with E-state index >= 15 is 0 Å². The van der Waals surface area contributed by atoms with Gasteiger partial charge in [-0.3, -0.25) is 4.79 Å². The van der Waals surface area contributed by atoms with Crippen molar-refractivity contribution < 1.29 is 9.53 Å². The minimum atomic E-state index is -0.195. The number of rotatable bonds is 6. The second-order valence-corrected chi connectivity index (χ2v) is 5.39. The molecule has 0 radical (unpaired) electrons. The summed E-state index contributed by atoms with van der Waals surface area (Å²) in [6.07, 6.45) is 4.43. The quantitative estimate of drug-likeness (QED) is 0.826. The molecule has 19 heavy (non-hydrogen) atoms. The molecule has 0 saturated heterocycles. The summed E-state index contributed by atoms with van der Waals surface area (Å²) in [5.41, 5.74) is 1.20. The van der Waals surface area contributed by atoms with Gasteiger partial charge in [0.05, 0.1) is 19.6 Å². The average Bonchev–Trinajstić information content (AvgIpc) is 3.05. The van der Waals surface area contributed by atoms with E-state index in [9.17, 15) is 4.79 Å². The first-order valence-electron chi connectivity index (χ1n) is 6.13. The molecule has 4 nitrogen and oxygen atoms in total. The minimum absolute atomic E-state index is 0.00709. The van der Waals surface area contributed by atoms with Crippen molar-refractivity contribution in [1.29, 1.82) is 0 Å². The summed E-state index contributed by atoms with van der Waals surface area (Å²) >= 11 is 1.65. The van der Waals surface area contributed by atoms with Crippen LogP contribution in [0.3, 0.4) is 0 Å². The Morgan fingerprint density at radius 3 is 2.95 bits per heavy atom. The number of thiophene rings is 1. The van der Waals surface area contributed by atoms with Crippen LogP contribution in [0.1, 0.15) is 22.9 Å². The molecule has 2 rings (SSSR count). The molecular formula is C14H18N2O2S. The van der Waals surface area contributed by atoms with Crippen LogP contribution in [0.4, 0.5) is 0 Å². The highest BCUT2D eigenvalue weighted by atomic mass is 32.1. The van der Waals surface area contributed by atoms with Crippen molar-refractivity contribution in [3.05, 3.63) is 46.4 Å². The van der Waals surface area contributed by atoms with E-state index in [1.165, 1.54) is 12.7 Å². The Bertz CT molecular complexity index is 519. The highest BCUT2D eigenvalue weighted by Gasteiger charge is 2.17. The first-order valence-corrected chi connectivity index (χ1v) is 7.01. The summed E-state index contributed by atoms with van der Waals surface area (Å²) in [6, 6.07) is 6.11. The van der Waals surface area contributed by atoms with Crippen LogP contribution in [0, 0.1) is 0 Å². The molecule has 0 amide bonds. The van der Waals surface area contributed by atoms with Crippen LogP contribution in [-0.4, -0.2) is 17.6 Å². The van der Waals surface area contributed by atoms with Gasteiger partial charge in [-0.15, -0.1) is 11.3 Å². The third kappa shape index (κ3) is 3.94. The molecule has 0 fully saturated rings. The van der Waals surface area contributed by atoms with E-state index in [-0.39, 0.29) is 12.0 Å². The predicted octanol–water partition coefficient (Wildman–Crippen LogP) is 2.48. The van der Waals surface area contributed by atoms with Gasteiger partial charge in [-0.1, -0.05) is 6.07 Å². The molecule has 0 bridgehead atoms. The molecule has 2 aromatic heterocycles. The van der Waals surface area contributed by atoms with Crippen molar-refractivity contribution >= 4 is 17.3 Å². The fourth-order valence-corrected chi connectivity index (χ4v) is 2.72. The monoisotopic (exact) mass is 278 g/mol. The second kappa shape index (κ2) is 6.54. The Balaban J connectivity index is 1.99. The molecule has 1 unspecified atom stereocenters. The van der Waals surface area contributed by atoms with Gasteiger partial charge in [0.2, 0.25) is 0 Å². The number of nitrogens with one attached hydrogen (secondary N) is 1. The van der Waals surface area contributed by atoms with Crippen LogP contribution in [0.5, 0.6) is 0 Å². The van der Waals surface area contributed by atoms with Gasteiger partial charge in [0.15, 0.2) is 0 Å². The normalized spacial score (nSPS) is 12.3. The van der Waals surface area contributed by atoms with E-state index in [1.807, 2.05) is 35.3 Å². The molecule has 5 heteroatoms. The number of carbonyl (C=O) groups excluding carboxylic acids is 1. The van der Waals surface area contributed by atoms with Crippen molar-refractivity contribution in [1.82, 2.24) is 9.88 Å². The zero-order valence-electron chi connectivity index (χ0n) is 11.1. The Morgan fingerprint density at radius 2 is 2.37 bits per heavy atom. The van der Waals surface area contributed by atoms with Crippen LogP contribution in [-0.2, 0) is 23.1 Å². The Kier molecular flexibility index (Phi) is 4.76. The van der Waals surface area contributed by atoms with Gasteiger partial charge < -0.3 is 14.6 Å². The summed E-state index contributed by atoms with van der Waals surface area (Å²) in [6.45, 7) is 0.737. The average molecular weight is 278 g/mol. The molecule has 0 saturated carbocycles. The smallest absolute Gasteiger partial charge is 0.307 e. The maximum atomic E-state index is 11.5. The lowest BCUT2D eigenvalue weighted by Gasteiger charge is -2.15. The van der Waals surface area contributed by atoms with Gasteiger partial charge in [0, 0.05) is 30.9 Å². The number of carbonyl (C=O) groups is 1. The predicted molar refractivity (Wildman–Crippen MR) is 75.9 cm³/mol. The van der Waals surface area contributed by atoms with Gasteiger partial charge in [-0.2, -0.15) is 0 Å². The number of hydrogen-bond donors (Lipinski definition) is 1. The van der Waals surface area contributed by atoms with E-state index in [0.717, 1.165) is 11.4 Å². The standard InChI is InChI=1S/C14H18N2O2S/c1-16-6-5-11(10-16)9-15-12(8-14(17)18-2)13-4-3-7-19-13/h3-7,10,12,15H,8-9H2,1-2H3. The van der Waals surface area contributed by atoms with Gasteiger partial charge in [0.1, 0.15) is 0 Å². The SMILES string of the molecule is COC(=O)CC(NCc1ccn(C)c1)c1cccs1. The van der Waals surface area contributed by atoms with E-state index in [4.69, 9.17) is 4.74 Å². The highest BCUT2D eigenvalue weighted by Crippen LogP contribution is 2.23. The molecule has 1 N–H and O–H groups in total. The molecule has 0 aliphatic carbocycles. The van der Waals surface area contributed by atoms with Crippen LogP contribution in [0.25, 0.3) is 0 Å². The van der Waals surface area contributed by atoms with E-state index in [0.29, 0.717) is 6.42 Å². The number of nitrogens with zero attached hydrogens (tertiary/aromatic N) is 1. The summed E-state index contributed by atoms with van der Waals surface area (Å²) in [4.78, 5) is 12.6. The molecule has 2 heterocycles. The zero-order chi connectivity index (χ0) is 13.7. The van der Waals surface area contributed by atoms with E-state index in [1.54, 1.807) is 11.3 Å². The fraction of sp³-hybridized carbons (Fsp3) is 0.357. The van der Waals surface area contributed by atoms with E-state index in [2.05, 4.69) is 17.6 Å². The van der Waals surface area contributed by atoms with Crippen molar-refractivity contribution in [2.24, 2.45) is 7.05 Å². The number of ether oxygens (including phenoxy) is 1. The summed E-state index contributed by atoms with van der Waals surface area (Å²) in [7, 11) is 3.42. The molecule has 2 aromatic rings. The van der Waals surface area contributed by atoms with Gasteiger partial charge in [0.25, 0.3) is 0 Å². The van der Waals surface area contributed by atoms with Gasteiger partial charge in [-0.05, 0) is 23.1 Å². The number of esters is 1. The highest BCUT2D eigenvalue weighted by molar-refractivity contribution is 7.10. The first kappa shape index (κ1) is 13.8. The Labute approximate surface area is 117 Å². The maximum Gasteiger partial charge on any atom is 0.307 e. The minimum Gasteiger partial charge on any atom is -0.469 e. The molecule has 1 atom stereocenters. The zero-order valence-corrected chi connectivity index (χ0v) is 11.9. The molecular weight excluding hydrogens is 260 g/mol. The lowest BCUT2D eigenvalue weighted by molar-refractivity contribution is -0.141. The number of aryl methyl sites for hydroxylation is 1. The number of aromatic nitrogens is 1. The van der Waals surface area contributed by atoms with E-state index < -0.39 is 0 Å². The largest absolute Gasteiger partial charge is 0.469 e. The first-order chi connectivity index (χ1) is 9.19. The van der Waals surface area contributed by atoms with Gasteiger partial charge in [-0.25, -0.2) is 0 Å². The Hall–Kier alpha value is -1.59. The molecule has 0 aliphatic rings. The number of hydrogen-bond acceptors (Lipinski definition) is 4. The van der Waals surface area contributed by atoms with Crippen molar-refractivity contribution in [3.8, 4) is 0 Å². The van der Waals surface area contributed by atoms with Crippen LogP contribution in [0.2, 0.25) is 0 Å². The number of methoxy groups -OCH3 is 1. The summed E-state index contributed by atoms with van der Waals surface area (Å²) in [5.74, 6) is -0.195. The van der Waals surface area contributed by atoms with Crippen molar-refractivity contribution in [3.63, 3.8) is 0 Å². The molecule has 0 aliphatic heterocycles. The third-order valence-electron chi connectivity index (χ3n) is 2.93. The fourth-order valence-electron chi connectivity index (χ4n) is 1.92. The third-order valence-corrected chi connectivity index (χ3v) is 3.92. The van der Waals surface area contributed by atoms with Crippen LogP contribution >= 0.6 is 11.3 Å². The second-order valence-electron chi connectivity index (χ2n) is 4.41. The Morgan fingerprint density at radius 1 is 1.53 bits per heavy atom. The lowest BCUT2D eigenvalue weighted by atomic mass is 10.1. The van der Waals surface area contributed by atoms with Crippen LogP contribution < -0.4 is 5.32 Å². The van der Waals surface area contributed by atoms with Crippen molar-refractivity contribution in [2.75, 3.05) is 7.11 Å². The maximum absolute atomic E-state index is 11.5. The summed E-state index contributed by atoms with van der Waals surface area (Å²) in [5, 5.41) is 5.43. The topological polar surface area (TPSA) is 43.3 Å². The molecule has 0 spiro atoms.